The molecule has 0 unspecified atom stereocenters. The van der Waals surface area contributed by atoms with Crippen LogP contribution in [0, 0.1) is 0 Å². The molecule has 1 aromatic rings. The molecule has 0 saturated carbocycles. The average Bonchev–Trinajstić information content (AvgIpc) is 2.40. The van der Waals surface area contributed by atoms with Crippen LogP contribution in [0.2, 0.25) is 0 Å². The molecule has 1 aliphatic rings. The number of halogens is 1. The molecule has 94 valence electrons. The first-order valence-corrected chi connectivity index (χ1v) is 6.03. The van der Waals surface area contributed by atoms with Crippen molar-refractivity contribution in [1.29, 1.82) is 0 Å². The molecule has 0 aliphatic heterocycles. The number of benzene rings is 1. The second-order valence-electron chi connectivity index (χ2n) is 3.82. The van der Waals surface area contributed by atoms with Crippen molar-refractivity contribution in [3.05, 3.63) is 33.3 Å². The third-order valence-electron chi connectivity index (χ3n) is 2.89. The molecule has 0 heterocycles. The lowest BCUT2D eigenvalue weighted by Gasteiger charge is -2.20. The molecule has 0 saturated heterocycles. The minimum Gasteiger partial charge on any atom is -0.496 e. The van der Waals surface area contributed by atoms with E-state index in [1.807, 2.05) is 0 Å². The summed E-state index contributed by atoms with van der Waals surface area (Å²) in [5.41, 5.74) is 0.890. The summed E-state index contributed by atoms with van der Waals surface area (Å²) in [5, 5.41) is 0. The van der Waals surface area contributed by atoms with Crippen LogP contribution in [-0.2, 0) is 0 Å². The van der Waals surface area contributed by atoms with Gasteiger partial charge in [-0.05, 0) is 35.0 Å². The van der Waals surface area contributed by atoms with Gasteiger partial charge in [0.2, 0.25) is 5.78 Å². The molecule has 0 spiro atoms. The number of Topliss-reactive ketones (excluding diaryl/α,β-unsaturated/α-hetero) is 2. The van der Waals surface area contributed by atoms with E-state index in [1.54, 1.807) is 19.1 Å². The molecule has 2 rings (SSSR count). The number of hydrogen-bond donors (Lipinski definition) is 0. The van der Waals surface area contributed by atoms with E-state index in [0.717, 1.165) is 0 Å². The molecular weight excluding hydrogens is 300 g/mol. The monoisotopic (exact) mass is 310 g/mol. The zero-order valence-corrected chi connectivity index (χ0v) is 11.8. The second kappa shape index (κ2) is 4.57. The van der Waals surface area contributed by atoms with Crippen LogP contribution in [0.25, 0.3) is 0 Å². The Morgan fingerprint density at radius 1 is 0.944 bits per heavy atom. The maximum atomic E-state index is 12.2. The Labute approximate surface area is 113 Å². The molecule has 5 heteroatoms. The Bertz CT molecular complexity index is 536. The summed E-state index contributed by atoms with van der Waals surface area (Å²) in [6.45, 7) is 1.60. The van der Waals surface area contributed by atoms with E-state index in [2.05, 4.69) is 15.9 Å². The largest absolute Gasteiger partial charge is 0.496 e. The van der Waals surface area contributed by atoms with E-state index >= 15 is 0 Å². The molecule has 0 atom stereocenters. The van der Waals surface area contributed by atoms with Crippen molar-refractivity contribution in [2.45, 2.75) is 6.92 Å². The quantitative estimate of drug-likeness (QED) is 0.843. The number of carbonyl (C=O) groups is 2. The van der Waals surface area contributed by atoms with Gasteiger partial charge in [0.05, 0.1) is 29.8 Å². The van der Waals surface area contributed by atoms with E-state index in [-0.39, 0.29) is 27.2 Å². The van der Waals surface area contributed by atoms with Crippen LogP contribution in [0.5, 0.6) is 11.5 Å². The van der Waals surface area contributed by atoms with Gasteiger partial charge in [-0.1, -0.05) is 0 Å². The lowest BCUT2D eigenvalue weighted by atomic mass is 9.88. The van der Waals surface area contributed by atoms with Gasteiger partial charge < -0.3 is 9.47 Å². The van der Waals surface area contributed by atoms with Crippen LogP contribution in [0.3, 0.4) is 0 Å². The van der Waals surface area contributed by atoms with Crippen molar-refractivity contribution in [3.63, 3.8) is 0 Å². The Morgan fingerprint density at radius 2 is 1.39 bits per heavy atom. The van der Waals surface area contributed by atoms with Gasteiger partial charge in [0.25, 0.3) is 0 Å². The third kappa shape index (κ3) is 1.66. The molecule has 0 N–H and O–H groups in total. The first kappa shape index (κ1) is 12.8. The van der Waals surface area contributed by atoms with Gasteiger partial charge in [-0.15, -0.1) is 0 Å². The minimum atomic E-state index is -0.266. The van der Waals surface area contributed by atoms with Crippen molar-refractivity contribution in [3.8, 4) is 11.5 Å². The van der Waals surface area contributed by atoms with Gasteiger partial charge in [-0.2, -0.15) is 0 Å². The summed E-state index contributed by atoms with van der Waals surface area (Å²) < 4.78 is 10.6. The van der Waals surface area contributed by atoms with E-state index in [1.165, 1.54) is 14.2 Å². The first-order valence-electron chi connectivity index (χ1n) is 5.23. The fourth-order valence-corrected chi connectivity index (χ4v) is 2.30. The summed E-state index contributed by atoms with van der Waals surface area (Å²) >= 11 is 3.15. The topological polar surface area (TPSA) is 52.6 Å². The van der Waals surface area contributed by atoms with E-state index in [4.69, 9.17) is 9.47 Å². The van der Waals surface area contributed by atoms with Crippen molar-refractivity contribution in [1.82, 2.24) is 0 Å². The third-order valence-corrected chi connectivity index (χ3v) is 3.85. The van der Waals surface area contributed by atoms with Crippen LogP contribution in [0.15, 0.2) is 22.2 Å². The number of ether oxygens (including phenoxy) is 2. The molecule has 18 heavy (non-hydrogen) atoms. The summed E-state index contributed by atoms with van der Waals surface area (Å²) in [6, 6.07) is 3.24. The maximum Gasteiger partial charge on any atom is 0.204 e. The number of hydrogen-bond acceptors (Lipinski definition) is 4. The Morgan fingerprint density at radius 3 is 1.83 bits per heavy atom. The summed E-state index contributed by atoms with van der Waals surface area (Å²) in [5.74, 6) is 0.252. The van der Waals surface area contributed by atoms with Gasteiger partial charge in [0.15, 0.2) is 5.78 Å². The molecule has 1 aliphatic carbocycles. The fourth-order valence-electron chi connectivity index (χ4n) is 1.92. The minimum absolute atomic E-state index is 0.229. The van der Waals surface area contributed by atoms with Crippen LogP contribution < -0.4 is 9.47 Å². The van der Waals surface area contributed by atoms with Crippen molar-refractivity contribution < 1.29 is 19.1 Å². The number of methoxy groups -OCH3 is 2. The fraction of sp³-hybridized carbons (Fsp3) is 0.231. The highest BCUT2D eigenvalue weighted by Gasteiger charge is 2.34. The highest BCUT2D eigenvalue weighted by molar-refractivity contribution is 9.12. The van der Waals surface area contributed by atoms with Crippen LogP contribution >= 0.6 is 15.9 Å². The van der Waals surface area contributed by atoms with Crippen LogP contribution in [0.4, 0.5) is 0 Å². The molecule has 0 amide bonds. The highest BCUT2D eigenvalue weighted by atomic mass is 79.9. The normalized spacial score (nSPS) is 14.7. The smallest absolute Gasteiger partial charge is 0.204 e. The number of rotatable bonds is 2. The number of carbonyl (C=O) groups excluding carboxylic acids is 2. The predicted octanol–water partition coefficient (Wildman–Crippen LogP) is 2.75. The molecule has 1 aromatic carbocycles. The summed E-state index contributed by atoms with van der Waals surface area (Å²) in [4.78, 5) is 24.5. The van der Waals surface area contributed by atoms with Crippen LogP contribution in [-0.4, -0.2) is 25.8 Å². The zero-order valence-electron chi connectivity index (χ0n) is 10.2. The van der Waals surface area contributed by atoms with Gasteiger partial charge in [-0.25, -0.2) is 0 Å². The van der Waals surface area contributed by atoms with Crippen molar-refractivity contribution >= 4 is 27.5 Å². The van der Waals surface area contributed by atoms with Crippen molar-refractivity contribution in [2.24, 2.45) is 0 Å². The lowest BCUT2D eigenvalue weighted by molar-refractivity contribution is 0.0977. The Hall–Kier alpha value is -1.62. The SMILES string of the molecule is COc1ccc(OC)c2c1C(=O)C(C)=C(Br)C2=O. The molecule has 0 bridgehead atoms. The number of allylic oxidation sites excluding steroid dienone is 2. The standard InChI is InChI=1S/C13H11BrO4/c1-6-11(14)13(16)10-8(18-3)5-4-7(17-2)9(10)12(6)15/h4-5H,1-3H3. The average molecular weight is 311 g/mol. The lowest BCUT2D eigenvalue weighted by Crippen LogP contribution is -2.20. The van der Waals surface area contributed by atoms with Gasteiger partial charge in [-0.3, -0.25) is 9.59 Å². The molecular formula is C13H11BrO4. The zero-order chi connectivity index (χ0) is 13.4. The second-order valence-corrected chi connectivity index (χ2v) is 4.61. The van der Waals surface area contributed by atoms with E-state index < -0.39 is 0 Å². The molecule has 0 aromatic heterocycles. The van der Waals surface area contributed by atoms with E-state index in [0.29, 0.717) is 17.1 Å². The highest BCUT2D eigenvalue weighted by Crippen LogP contribution is 2.39. The maximum absolute atomic E-state index is 12.2. The Balaban J connectivity index is 2.83. The molecule has 0 radical (unpaired) electrons. The first-order chi connectivity index (χ1) is 8.52. The molecule has 4 nitrogen and oxygen atoms in total. The van der Waals surface area contributed by atoms with Crippen molar-refractivity contribution in [2.75, 3.05) is 14.2 Å². The van der Waals surface area contributed by atoms with Gasteiger partial charge in [0.1, 0.15) is 11.5 Å². The van der Waals surface area contributed by atoms with Gasteiger partial charge >= 0.3 is 0 Å². The number of fused-ring (bicyclic) bond motifs is 1. The summed E-state index contributed by atoms with van der Waals surface area (Å²) in [7, 11) is 2.92. The molecule has 0 fully saturated rings. The Kier molecular flexibility index (Phi) is 3.26. The number of ketones is 2. The van der Waals surface area contributed by atoms with Crippen LogP contribution in [0.1, 0.15) is 27.6 Å². The summed E-state index contributed by atoms with van der Waals surface area (Å²) in [6.07, 6.45) is 0. The van der Waals surface area contributed by atoms with E-state index in [9.17, 15) is 9.59 Å². The predicted molar refractivity (Wildman–Crippen MR) is 69.8 cm³/mol. The van der Waals surface area contributed by atoms with Gasteiger partial charge in [0, 0.05) is 5.57 Å².